The maximum Gasteiger partial charge on any atom is 0.306 e. The number of nitrogens with two attached hydrogens (primary N) is 2. The molecule has 274 valence electrons. The highest BCUT2D eigenvalue weighted by molar-refractivity contribution is 5.86. The minimum atomic E-state index is -1.04. The maximum absolute atomic E-state index is 14.0. The lowest BCUT2D eigenvalue weighted by Crippen LogP contribution is -2.45. The number of ether oxygens (including phenoxy) is 1. The van der Waals surface area contributed by atoms with E-state index in [4.69, 9.17) is 16.2 Å². The molecule has 0 heterocycles. The summed E-state index contributed by atoms with van der Waals surface area (Å²) < 4.78 is 33.3. The van der Waals surface area contributed by atoms with E-state index in [9.17, 15) is 23.2 Å². The van der Waals surface area contributed by atoms with Gasteiger partial charge in [-0.15, -0.1) is 0 Å². The zero-order valence-electron chi connectivity index (χ0n) is 30.3. The number of hydrogen-bond acceptors (Lipinski definition) is 6. The quantitative estimate of drug-likeness (QED) is 0.0717. The van der Waals surface area contributed by atoms with Crippen LogP contribution in [0.5, 0.6) is 0 Å². The van der Waals surface area contributed by atoms with Gasteiger partial charge in [-0.25, -0.2) is 8.78 Å². The molecule has 0 aliphatic carbocycles. The first kappa shape index (κ1) is 42.2. The van der Waals surface area contributed by atoms with Crippen molar-refractivity contribution >= 4 is 17.5 Å². The third-order valence-corrected chi connectivity index (χ3v) is 9.37. The molecule has 0 aliphatic rings. The van der Waals surface area contributed by atoms with Gasteiger partial charge in [0.05, 0.1) is 6.04 Å². The van der Waals surface area contributed by atoms with Crippen molar-refractivity contribution in [3.05, 3.63) is 71.3 Å². The number of rotatable bonds is 27. The van der Waals surface area contributed by atoms with Crippen LogP contribution in [0.25, 0.3) is 0 Å². The lowest BCUT2D eigenvalue weighted by Gasteiger charge is -2.27. The second-order valence-electron chi connectivity index (χ2n) is 14.6. The Kier molecular flexibility index (Phi) is 20.2. The van der Waals surface area contributed by atoms with Gasteiger partial charge in [0.15, 0.2) is 11.9 Å². The van der Waals surface area contributed by atoms with Gasteiger partial charge < -0.3 is 16.2 Å². The van der Waals surface area contributed by atoms with Crippen LogP contribution < -0.4 is 11.5 Å². The van der Waals surface area contributed by atoms with Crippen LogP contribution in [-0.2, 0) is 32.0 Å². The molecule has 0 saturated carbocycles. The summed E-state index contributed by atoms with van der Waals surface area (Å²) in [6.45, 7) is 6.22. The molecule has 0 spiro atoms. The van der Waals surface area contributed by atoms with Crippen molar-refractivity contribution in [3.63, 3.8) is 0 Å². The van der Waals surface area contributed by atoms with Gasteiger partial charge in [0.25, 0.3) is 0 Å². The van der Waals surface area contributed by atoms with Crippen molar-refractivity contribution in [3.8, 4) is 0 Å². The van der Waals surface area contributed by atoms with Crippen LogP contribution in [0.4, 0.5) is 8.78 Å². The normalized spacial score (nSPS) is 13.5. The first-order chi connectivity index (χ1) is 23.4. The van der Waals surface area contributed by atoms with Crippen LogP contribution in [0.2, 0.25) is 0 Å². The molecule has 0 radical (unpaired) electrons. The van der Waals surface area contributed by atoms with Crippen LogP contribution in [0.15, 0.2) is 48.5 Å². The van der Waals surface area contributed by atoms with Gasteiger partial charge >= 0.3 is 5.97 Å². The summed E-state index contributed by atoms with van der Waals surface area (Å²) in [5.41, 5.74) is 13.4. The fourth-order valence-electron chi connectivity index (χ4n) is 6.17. The van der Waals surface area contributed by atoms with E-state index in [1.807, 2.05) is 44.2 Å². The Balaban J connectivity index is 1.82. The van der Waals surface area contributed by atoms with Gasteiger partial charge in [0.1, 0.15) is 17.4 Å². The molecule has 4 N–H and O–H groups in total. The number of esters is 1. The molecule has 3 atom stereocenters. The molecule has 49 heavy (non-hydrogen) atoms. The van der Waals surface area contributed by atoms with Crippen LogP contribution in [0, 0.1) is 17.0 Å². The second-order valence-corrected chi connectivity index (χ2v) is 14.6. The monoisotopic (exact) mass is 684 g/mol. The van der Waals surface area contributed by atoms with Crippen molar-refractivity contribution < 1.29 is 27.9 Å². The Morgan fingerprint density at radius 3 is 1.98 bits per heavy atom. The van der Waals surface area contributed by atoms with Crippen LogP contribution in [0.3, 0.4) is 0 Å². The highest BCUT2D eigenvalue weighted by Gasteiger charge is 2.31. The molecular formula is C41H62F2N2O4. The molecule has 0 aliphatic heterocycles. The number of Topliss-reactive ketones (excluding diaryl/α,β-unsaturated/α-hetero) is 2. The Hall–Kier alpha value is -2.97. The summed E-state index contributed by atoms with van der Waals surface area (Å²) in [4.78, 5) is 39.1. The maximum atomic E-state index is 14.0. The lowest BCUT2D eigenvalue weighted by atomic mass is 9.80. The number of benzene rings is 2. The van der Waals surface area contributed by atoms with Gasteiger partial charge in [0.2, 0.25) is 0 Å². The first-order valence-corrected chi connectivity index (χ1v) is 18.6. The average Bonchev–Trinajstić information content (AvgIpc) is 3.06. The van der Waals surface area contributed by atoms with E-state index >= 15 is 0 Å². The van der Waals surface area contributed by atoms with Gasteiger partial charge in [-0.2, -0.15) is 0 Å². The number of carbonyl (C=O) groups is 3. The zero-order valence-corrected chi connectivity index (χ0v) is 30.3. The summed E-state index contributed by atoms with van der Waals surface area (Å²) in [6, 6.07) is 11.5. The SMILES string of the molecule is CCCCCCCCCCCCCC(=O)OC(C(=O)CCC(C)(C)CCC(=O)CC(N)Cc1cc(F)ccc1F)C(N)Cc1ccccc1. The van der Waals surface area contributed by atoms with Crippen LogP contribution >= 0.6 is 0 Å². The topological polar surface area (TPSA) is 112 Å². The fraction of sp³-hybridized carbons (Fsp3) is 0.634. The van der Waals surface area contributed by atoms with Crippen molar-refractivity contribution in [1.82, 2.24) is 0 Å². The molecule has 0 saturated heterocycles. The number of hydrogen-bond donors (Lipinski definition) is 2. The third-order valence-electron chi connectivity index (χ3n) is 9.37. The Morgan fingerprint density at radius 1 is 0.755 bits per heavy atom. The predicted octanol–water partition coefficient (Wildman–Crippen LogP) is 9.13. The van der Waals surface area contributed by atoms with Gasteiger partial charge in [0, 0.05) is 31.7 Å². The molecule has 6 nitrogen and oxygen atoms in total. The Labute approximate surface area is 294 Å². The number of unbranched alkanes of at least 4 members (excludes halogenated alkanes) is 10. The zero-order chi connectivity index (χ0) is 36.1. The fourth-order valence-corrected chi connectivity index (χ4v) is 6.17. The minimum absolute atomic E-state index is 0.0520. The number of carbonyl (C=O) groups excluding carboxylic acids is 3. The summed E-state index contributed by atoms with van der Waals surface area (Å²) in [5.74, 6) is -1.76. The molecule has 3 unspecified atom stereocenters. The van der Waals surface area contributed by atoms with Crippen LogP contribution in [-0.4, -0.2) is 35.7 Å². The second kappa shape index (κ2) is 23.4. The minimum Gasteiger partial charge on any atom is -0.453 e. The molecule has 0 amide bonds. The van der Waals surface area contributed by atoms with E-state index in [1.165, 1.54) is 51.4 Å². The predicted molar refractivity (Wildman–Crippen MR) is 194 cm³/mol. The largest absolute Gasteiger partial charge is 0.453 e. The molecule has 0 aromatic heterocycles. The van der Waals surface area contributed by atoms with Crippen LogP contribution in [0.1, 0.15) is 141 Å². The van der Waals surface area contributed by atoms with Crippen molar-refractivity contribution in [2.45, 2.75) is 161 Å². The van der Waals surface area contributed by atoms with E-state index in [-0.39, 0.29) is 54.6 Å². The highest BCUT2D eigenvalue weighted by Crippen LogP contribution is 2.30. The van der Waals surface area contributed by atoms with Gasteiger partial charge in [-0.05, 0) is 66.8 Å². The summed E-state index contributed by atoms with van der Waals surface area (Å²) >= 11 is 0. The third kappa shape index (κ3) is 18.6. The van der Waals surface area contributed by atoms with Gasteiger partial charge in [-0.3, -0.25) is 14.4 Å². The summed E-state index contributed by atoms with van der Waals surface area (Å²) in [5, 5.41) is 0. The Morgan fingerprint density at radius 2 is 1.35 bits per heavy atom. The molecular weight excluding hydrogens is 622 g/mol. The number of halogens is 2. The standard InChI is InChI=1S/C41H62F2N2O4/c1-4-5-6-7-8-9-10-11-12-13-17-20-39(48)49-40(37(45)27-31-18-15-14-16-19-31)38(47)24-26-41(2,3)25-23-35(46)30-34(44)29-32-28-33(42)21-22-36(32)43/h14-16,18-19,21-22,28,34,37,40H,4-13,17,20,23-27,29-30,44-45H2,1-3H3. The first-order valence-electron chi connectivity index (χ1n) is 18.6. The number of ketones is 2. The molecule has 0 fully saturated rings. The molecule has 0 bridgehead atoms. The van der Waals surface area contributed by atoms with E-state index in [0.29, 0.717) is 19.3 Å². The summed E-state index contributed by atoms with van der Waals surface area (Å²) in [7, 11) is 0. The van der Waals surface area contributed by atoms with Crippen molar-refractivity contribution in [2.24, 2.45) is 16.9 Å². The van der Waals surface area contributed by atoms with E-state index < -0.39 is 35.8 Å². The molecule has 8 heteroatoms. The Bertz CT molecular complexity index is 1250. The van der Waals surface area contributed by atoms with E-state index in [0.717, 1.165) is 43.0 Å². The van der Waals surface area contributed by atoms with Gasteiger partial charge in [-0.1, -0.05) is 115 Å². The lowest BCUT2D eigenvalue weighted by molar-refractivity contribution is -0.156. The molecule has 2 aromatic carbocycles. The van der Waals surface area contributed by atoms with Crippen molar-refractivity contribution in [2.75, 3.05) is 0 Å². The highest BCUT2D eigenvalue weighted by atomic mass is 19.1. The van der Waals surface area contributed by atoms with Crippen molar-refractivity contribution in [1.29, 1.82) is 0 Å². The molecule has 2 rings (SSSR count). The van der Waals surface area contributed by atoms with E-state index in [2.05, 4.69) is 6.92 Å². The molecule has 2 aromatic rings. The summed E-state index contributed by atoms with van der Waals surface area (Å²) in [6.07, 6.45) is 14.2. The smallest absolute Gasteiger partial charge is 0.306 e. The van der Waals surface area contributed by atoms with E-state index in [1.54, 1.807) is 0 Å². The average molecular weight is 685 g/mol.